The van der Waals surface area contributed by atoms with Gasteiger partial charge in [-0.05, 0) is 24.3 Å². The van der Waals surface area contributed by atoms with Crippen LogP contribution in [-0.2, 0) is 0 Å². The molecular weight excluding hydrogens is 285 g/mol. The van der Waals surface area contributed by atoms with Gasteiger partial charge in [0, 0.05) is 23.5 Å². The van der Waals surface area contributed by atoms with Crippen LogP contribution in [-0.4, -0.2) is 17.1 Å². The zero-order valence-corrected chi connectivity index (χ0v) is 11.2. The van der Waals surface area contributed by atoms with Crippen molar-refractivity contribution in [2.24, 2.45) is 5.10 Å². The fourth-order valence-corrected chi connectivity index (χ4v) is 1.85. The zero-order valence-electron chi connectivity index (χ0n) is 9.68. The summed E-state index contributed by atoms with van der Waals surface area (Å²) in [5.41, 5.74) is 3.41. The summed E-state index contributed by atoms with van der Waals surface area (Å²) in [5.74, 6) is -0.332. The van der Waals surface area contributed by atoms with E-state index in [4.69, 9.17) is 23.2 Å². The van der Waals surface area contributed by atoms with Crippen molar-refractivity contribution in [3.63, 3.8) is 0 Å². The molecule has 19 heavy (non-hydrogen) atoms. The molecule has 2 rings (SSSR count). The molecular formula is C13H9Cl2N3O. The first-order valence-corrected chi connectivity index (χ1v) is 6.11. The molecule has 0 unspecified atom stereocenters. The molecule has 1 amide bonds. The van der Waals surface area contributed by atoms with Crippen molar-refractivity contribution in [1.29, 1.82) is 0 Å². The van der Waals surface area contributed by atoms with Crippen molar-refractivity contribution in [1.82, 2.24) is 10.4 Å². The molecule has 2 aromatic rings. The number of nitrogens with one attached hydrogen (secondary N) is 1. The number of nitrogens with zero attached hydrogens (tertiary/aromatic N) is 2. The topological polar surface area (TPSA) is 54.4 Å². The van der Waals surface area contributed by atoms with Crippen molar-refractivity contribution in [2.75, 3.05) is 0 Å². The van der Waals surface area contributed by atoms with Crippen LogP contribution in [0.1, 0.15) is 15.9 Å². The number of rotatable bonds is 3. The Balaban J connectivity index is 2.07. The lowest BCUT2D eigenvalue weighted by Crippen LogP contribution is -2.17. The SMILES string of the molecule is O=C(N/N=C/c1c(Cl)cccc1Cl)c1ccncc1. The van der Waals surface area contributed by atoms with E-state index in [1.807, 2.05) is 0 Å². The first kappa shape index (κ1) is 13.5. The number of amides is 1. The molecule has 0 aliphatic carbocycles. The van der Waals surface area contributed by atoms with Crippen molar-refractivity contribution in [3.8, 4) is 0 Å². The van der Waals surface area contributed by atoms with Gasteiger partial charge in [-0.3, -0.25) is 9.78 Å². The Hall–Kier alpha value is -1.91. The number of halogens is 2. The summed E-state index contributed by atoms with van der Waals surface area (Å²) in [7, 11) is 0. The average molecular weight is 294 g/mol. The van der Waals surface area contributed by atoms with Crippen LogP contribution in [0.25, 0.3) is 0 Å². The normalized spacial score (nSPS) is 10.6. The molecule has 0 aliphatic rings. The number of hydrazone groups is 1. The van der Waals surface area contributed by atoms with Crippen LogP contribution in [0.5, 0.6) is 0 Å². The molecule has 1 N–H and O–H groups in total. The predicted molar refractivity (Wildman–Crippen MR) is 75.8 cm³/mol. The molecule has 0 atom stereocenters. The fraction of sp³-hybridized carbons (Fsp3) is 0. The van der Waals surface area contributed by atoms with Crippen molar-refractivity contribution in [2.45, 2.75) is 0 Å². The molecule has 4 nitrogen and oxygen atoms in total. The van der Waals surface area contributed by atoms with Crippen LogP contribution in [0, 0.1) is 0 Å². The molecule has 0 saturated heterocycles. The van der Waals surface area contributed by atoms with Crippen molar-refractivity contribution < 1.29 is 4.79 Å². The second-order valence-corrected chi connectivity index (χ2v) is 4.38. The van der Waals surface area contributed by atoms with E-state index in [-0.39, 0.29) is 5.91 Å². The van der Waals surface area contributed by atoms with Gasteiger partial charge in [-0.25, -0.2) is 5.43 Å². The number of carbonyl (C=O) groups excluding carboxylic acids is 1. The Bertz CT molecular complexity index is 594. The molecule has 0 fully saturated rings. The van der Waals surface area contributed by atoms with Gasteiger partial charge < -0.3 is 0 Å². The van der Waals surface area contributed by atoms with Gasteiger partial charge in [-0.1, -0.05) is 29.3 Å². The Morgan fingerprint density at radius 2 is 1.79 bits per heavy atom. The summed E-state index contributed by atoms with van der Waals surface area (Å²) < 4.78 is 0. The highest BCUT2D eigenvalue weighted by atomic mass is 35.5. The van der Waals surface area contributed by atoms with E-state index in [2.05, 4.69) is 15.5 Å². The lowest BCUT2D eigenvalue weighted by molar-refractivity contribution is 0.0955. The van der Waals surface area contributed by atoms with Gasteiger partial charge in [0.15, 0.2) is 0 Å². The average Bonchev–Trinajstić information content (AvgIpc) is 2.43. The molecule has 0 bridgehead atoms. The number of pyridine rings is 1. The predicted octanol–water partition coefficient (Wildman–Crippen LogP) is 3.15. The Morgan fingerprint density at radius 1 is 1.16 bits per heavy atom. The Morgan fingerprint density at radius 3 is 2.42 bits per heavy atom. The highest BCUT2D eigenvalue weighted by Crippen LogP contribution is 2.21. The van der Waals surface area contributed by atoms with Gasteiger partial charge in [-0.2, -0.15) is 5.10 Å². The molecule has 6 heteroatoms. The van der Waals surface area contributed by atoms with Crippen LogP contribution >= 0.6 is 23.2 Å². The largest absolute Gasteiger partial charge is 0.271 e. The smallest absolute Gasteiger partial charge is 0.267 e. The molecule has 0 aliphatic heterocycles. The van der Waals surface area contributed by atoms with Crippen LogP contribution < -0.4 is 5.43 Å². The first-order valence-electron chi connectivity index (χ1n) is 5.36. The number of aromatic nitrogens is 1. The van der Waals surface area contributed by atoms with Crippen molar-refractivity contribution in [3.05, 3.63) is 63.9 Å². The Kier molecular flexibility index (Phi) is 4.49. The maximum Gasteiger partial charge on any atom is 0.271 e. The van der Waals surface area contributed by atoms with Gasteiger partial charge in [0.2, 0.25) is 0 Å². The molecule has 1 heterocycles. The maximum absolute atomic E-state index is 11.7. The van der Waals surface area contributed by atoms with E-state index in [0.717, 1.165) is 0 Å². The summed E-state index contributed by atoms with van der Waals surface area (Å²) in [6, 6.07) is 8.30. The quantitative estimate of drug-likeness (QED) is 0.698. The van der Waals surface area contributed by atoms with E-state index >= 15 is 0 Å². The van der Waals surface area contributed by atoms with Gasteiger partial charge in [0.25, 0.3) is 5.91 Å². The second kappa shape index (κ2) is 6.31. The highest BCUT2D eigenvalue weighted by molar-refractivity contribution is 6.38. The van der Waals surface area contributed by atoms with Crippen LogP contribution in [0.3, 0.4) is 0 Å². The summed E-state index contributed by atoms with van der Waals surface area (Å²) in [5, 5.41) is 4.76. The number of benzene rings is 1. The van der Waals surface area contributed by atoms with E-state index in [1.165, 1.54) is 18.6 Å². The van der Waals surface area contributed by atoms with Crippen LogP contribution in [0.15, 0.2) is 47.8 Å². The third-order valence-corrected chi connectivity index (χ3v) is 2.96. The van der Waals surface area contributed by atoms with Gasteiger partial charge >= 0.3 is 0 Å². The van der Waals surface area contributed by atoms with Crippen LogP contribution in [0.2, 0.25) is 10.0 Å². The lowest BCUT2D eigenvalue weighted by Gasteiger charge is -2.01. The van der Waals surface area contributed by atoms with E-state index in [1.54, 1.807) is 30.3 Å². The van der Waals surface area contributed by atoms with Gasteiger partial charge in [-0.15, -0.1) is 0 Å². The minimum absolute atomic E-state index is 0.332. The Labute approximate surface area is 120 Å². The molecule has 1 aromatic carbocycles. The lowest BCUT2D eigenvalue weighted by atomic mass is 10.2. The number of carbonyl (C=O) groups is 1. The number of hydrogen-bond donors (Lipinski definition) is 1. The second-order valence-electron chi connectivity index (χ2n) is 3.57. The maximum atomic E-state index is 11.7. The molecule has 0 saturated carbocycles. The third-order valence-electron chi connectivity index (χ3n) is 2.30. The minimum Gasteiger partial charge on any atom is -0.267 e. The zero-order chi connectivity index (χ0) is 13.7. The van der Waals surface area contributed by atoms with E-state index < -0.39 is 0 Å². The monoisotopic (exact) mass is 293 g/mol. The molecule has 0 spiro atoms. The summed E-state index contributed by atoms with van der Waals surface area (Å²) in [6.07, 6.45) is 4.47. The van der Waals surface area contributed by atoms with Gasteiger partial charge in [0.1, 0.15) is 0 Å². The molecule has 1 aromatic heterocycles. The minimum atomic E-state index is -0.332. The van der Waals surface area contributed by atoms with E-state index in [0.29, 0.717) is 21.2 Å². The standard InChI is InChI=1S/C13H9Cl2N3O/c14-11-2-1-3-12(15)10(11)8-17-18-13(19)9-4-6-16-7-5-9/h1-8H,(H,18,19)/b17-8+. The summed E-state index contributed by atoms with van der Waals surface area (Å²) >= 11 is 11.9. The molecule has 96 valence electrons. The number of hydrogen-bond acceptors (Lipinski definition) is 3. The van der Waals surface area contributed by atoms with Crippen molar-refractivity contribution >= 4 is 35.3 Å². The molecule has 0 radical (unpaired) electrons. The highest BCUT2D eigenvalue weighted by Gasteiger charge is 2.04. The van der Waals surface area contributed by atoms with Gasteiger partial charge in [0.05, 0.1) is 16.3 Å². The summed E-state index contributed by atoms with van der Waals surface area (Å²) in [4.78, 5) is 15.5. The third kappa shape index (κ3) is 3.53. The first-order chi connectivity index (χ1) is 9.18. The van der Waals surface area contributed by atoms with Crippen LogP contribution in [0.4, 0.5) is 0 Å². The summed E-state index contributed by atoms with van der Waals surface area (Å²) in [6.45, 7) is 0. The fourth-order valence-electron chi connectivity index (χ4n) is 1.36. The van der Waals surface area contributed by atoms with E-state index in [9.17, 15) is 4.79 Å².